The van der Waals surface area contributed by atoms with E-state index in [1.54, 1.807) is 0 Å². The molecule has 0 amide bonds. The van der Waals surface area contributed by atoms with Gasteiger partial charge in [-0.25, -0.2) is 0 Å². The van der Waals surface area contributed by atoms with Gasteiger partial charge in [0.15, 0.2) is 5.79 Å². The highest BCUT2D eigenvalue weighted by molar-refractivity contribution is 5.68. The second-order valence-electron chi connectivity index (χ2n) is 9.69. The molecule has 0 unspecified atom stereocenters. The van der Waals surface area contributed by atoms with Crippen molar-refractivity contribution in [1.82, 2.24) is 0 Å². The lowest BCUT2D eigenvalue weighted by molar-refractivity contribution is -0.241. The number of fused-ring (bicyclic) bond motifs is 6. The second-order valence-corrected chi connectivity index (χ2v) is 9.69. The van der Waals surface area contributed by atoms with Crippen LogP contribution in [0.1, 0.15) is 65.7 Å². The molecule has 1 aliphatic heterocycles. The van der Waals surface area contributed by atoms with Gasteiger partial charge in [0.05, 0.1) is 13.2 Å². The Morgan fingerprint density at radius 2 is 1.85 bits per heavy atom. The topological polar surface area (TPSA) is 44.8 Å². The normalized spacial score (nSPS) is 44.8. The van der Waals surface area contributed by atoms with Crippen LogP contribution in [-0.2, 0) is 19.0 Å². The van der Waals surface area contributed by atoms with Crippen molar-refractivity contribution in [2.75, 3.05) is 13.2 Å². The summed E-state index contributed by atoms with van der Waals surface area (Å²) in [5, 5.41) is 0. The Hall–Kier alpha value is -1.13. The van der Waals surface area contributed by atoms with Gasteiger partial charge in [-0.3, -0.25) is 4.79 Å². The highest BCUT2D eigenvalue weighted by Crippen LogP contribution is 2.68. The number of rotatable bonds is 1. The Morgan fingerprint density at radius 1 is 1.11 bits per heavy atom. The monoisotopic (exact) mass is 372 g/mol. The molecule has 1 saturated heterocycles. The third-order valence-corrected chi connectivity index (χ3v) is 8.79. The molecule has 5 rings (SSSR count). The quantitative estimate of drug-likeness (QED) is 0.492. The summed E-state index contributed by atoms with van der Waals surface area (Å²) in [7, 11) is 0. The van der Waals surface area contributed by atoms with Crippen LogP contribution in [0, 0.1) is 28.6 Å². The van der Waals surface area contributed by atoms with Gasteiger partial charge >= 0.3 is 5.97 Å². The molecule has 0 N–H and O–H groups in total. The first-order chi connectivity index (χ1) is 12.9. The van der Waals surface area contributed by atoms with E-state index in [1.165, 1.54) is 18.9 Å². The Balaban J connectivity index is 1.52. The van der Waals surface area contributed by atoms with E-state index in [1.807, 2.05) is 0 Å². The largest absolute Gasteiger partial charge is 0.431 e. The van der Waals surface area contributed by atoms with Gasteiger partial charge in [-0.15, -0.1) is 0 Å². The Labute approximate surface area is 162 Å². The number of hydrogen-bond donors (Lipinski definition) is 0. The molecule has 1 heterocycles. The lowest BCUT2D eigenvalue weighted by Gasteiger charge is -2.58. The summed E-state index contributed by atoms with van der Waals surface area (Å²) in [6.07, 6.45) is 12.4. The summed E-state index contributed by atoms with van der Waals surface area (Å²) in [4.78, 5) is 11.8. The van der Waals surface area contributed by atoms with Crippen LogP contribution in [-0.4, -0.2) is 25.0 Å². The number of ether oxygens (including phenoxy) is 3. The maximum Gasteiger partial charge on any atom is 0.307 e. The highest BCUT2D eigenvalue weighted by Gasteiger charge is 2.67. The molecule has 0 aromatic carbocycles. The first-order valence-electron chi connectivity index (χ1n) is 10.8. The first kappa shape index (κ1) is 17.9. The number of carbonyl (C=O) groups is 1. The lowest BCUT2D eigenvalue weighted by Crippen LogP contribution is -2.55. The number of esters is 1. The second kappa shape index (κ2) is 5.93. The Kier molecular flexibility index (Phi) is 3.94. The summed E-state index contributed by atoms with van der Waals surface area (Å²) in [5.74, 6) is 2.13. The van der Waals surface area contributed by atoms with Gasteiger partial charge in [0.1, 0.15) is 5.76 Å². The Morgan fingerprint density at radius 3 is 2.59 bits per heavy atom. The molecule has 0 aromatic heterocycles. The smallest absolute Gasteiger partial charge is 0.307 e. The standard InChI is InChI=1S/C23H32O4/c1-15(24)27-20-6-4-5-16-7-8-17-18-10-12-23(25-13-14-26-23)21(18,2)11-9-19(17)22(16,20)3/h6-7,17-19H,4-5,8-14H2,1-3H3/t17-,18-,19-,21-,22-/m0/s1. The number of carbonyl (C=O) groups excluding carboxylic acids is 1. The lowest BCUT2D eigenvalue weighted by atomic mass is 9.48. The third kappa shape index (κ3) is 2.26. The van der Waals surface area contributed by atoms with Gasteiger partial charge in [0.2, 0.25) is 0 Å². The van der Waals surface area contributed by atoms with Crippen LogP contribution in [0.15, 0.2) is 23.5 Å². The van der Waals surface area contributed by atoms with Crippen molar-refractivity contribution >= 4 is 5.97 Å². The van der Waals surface area contributed by atoms with Gasteiger partial charge in [-0.2, -0.15) is 0 Å². The fourth-order valence-electron chi connectivity index (χ4n) is 7.52. The molecule has 148 valence electrons. The van der Waals surface area contributed by atoms with E-state index in [-0.39, 0.29) is 22.6 Å². The minimum absolute atomic E-state index is 0.104. The zero-order chi connectivity index (χ0) is 18.9. The summed E-state index contributed by atoms with van der Waals surface area (Å²) in [6.45, 7) is 7.74. The highest BCUT2D eigenvalue weighted by atomic mass is 16.7. The minimum Gasteiger partial charge on any atom is -0.431 e. The first-order valence-corrected chi connectivity index (χ1v) is 10.8. The zero-order valence-electron chi connectivity index (χ0n) is 16.9. The summed E-state index contributed by atoms with van der Waals surface area (Å²) >= 11 is 0. The van der Waals surface area contributed by atoms with Crippen molar-refractivity contribution in [3.63, 3.8) is 0 Å². The average Bonchev–Trinajstić information content (AvgIpc) is 3.22. The Bertz CT molecular complexity index is 716. The maximum atomic E-state index is 11.8. The van der Waals surface area contributed by atoms with Crippen LogP contribution >= 0.6 is 0 Å². The predicted molar refractivity (Wildman–Crippen MR) is 102 cm³/mol. The van der Waals surface area contributed by atoms with Crippen LogP contribution in [0.4, 0.5) is 0 Å². The molecule has 3 fully saturated rings. The van der Waals surface area contributed by atoms with E-state index in [0.717, 1.165) is 57.5 Å². The SMILES string of the molecule is CC(=O)OC1=CCCC2=CC[C@@H]3[C@H](CC[C@@]4(C)[C@H]3CCC43OCCO3)[C@]21C. The van der Waals surface area contributed by atoms with E-state index < -0.39 is 0 Å². The molecule has 5 aliphatic rings. The van der Waals surface area contributed by atoms with Gasteiger partial charge in [-0.1, -0.05) is 18.6 Å². The predicted octanol–water partition coefficient (Wildman–Crippen LogP) is 4.75. The van der Waals surface area contributed by atoms with Gasteiger partial charge in [-0.05, 0) is 69.3 Å². The van der Waals surface area contributed by atoms with Crippen LogP contribution in [0.3, 0.4) is 0 Å². The van der Waals surface area contributed by atoms with E-state index >= 15 is 0 Å². The molecule has 4 nitrogen and oxygen atoms in total. The molecule has 1 spiro atoms. The fourth-order valence-corrected chi connectivity index (χ4v) is 7.52. The van der Waals surface area contributed by atoms with Crippen molar-refractivity contribution in [3.8, 4) is 0 Å². The number of allylic oxidation sites excluding steroid dienone is 3. The fraction of sp³-hybridized carbons (Fsp3) is 0.783. The maximum absolute atomic E-state index is 11.8. The molecule has 0 bridgehead atoms. The molecule has 4 heteroatoms. The molecule has 2 saturated carbocycles. The van der Waals surface area contributed by atoms with E-state index in [0.29, 0.717) is 17.8 Å². The molecular weight excluding hydrogens is 340 g/mol. The van der Waals surface area contributed by atoms with E-state index in [9.17, 15) is 4.79 Å². The number of hydrogen-bond acceptors (Lipinski definition) is 4. The van der Waals surface area contributed by atoms with Crippen LogP contribution in [0.2, 0.25) is 0 Å². The van der Waals surface area contributed by atoms with Crippen molar-refractivity contribution in [2.24, 2.45) is 28.6 Å². The van der Waals surface area contributed by atoms with Gasteiger partial charge in [0, 0.05) is 24.2 Å². The van der Waals surface area contributed by atoms with E-state index in [4.69, 9.17) is 14.2 Å². The molecular formula is C23H32O4. The molecule has 0 aromatic rings. The average molecular weight is 373 g/mol. The molecule has 4 aliphatic carbocycles. The molecule has 0 radical (unpaired) electrons. The van der Waals surface area contributed by atoms with Crippen LogP contribution < -0.4 is 0 Å². The zero-order valence-corrected chi connectivity index (χ0v) is 16.9. The summed E-state index contributed by atoms with van der Waals surface area (Å²) < 4.78 is 18.3. The van der Waals surface area contributed by atoms with Crippen molar-refractivity contribution in [1.29, 1.82) is 0 Å². The summed E-state index contributed by atoms with van der Waals surface area (Å²) in [6, 6.07) is 0. The molecule has 5 atom stereocenters. The van der Waals surface area contributed by atoms with Crippen molar-refractivity contribution in [3.05, 3.63) is 23.5 Å². The van der Waals surface area contributed by atoms with E-state index in [2.05, 4.69) is 26.0 Å². The van der Waals surface area contributed by atoms with Gasteiger partial charge in [0.25, 0.3) is 0 Å². The van der Waals surface area contributed by atoms with Gasteiger partial charge < -0.3 is 14.2 Å². The molecule has 27 heavy (non-hydrogen) atoms. The van der Waals surface area contributed by atoms with Crippen LogP contribution in [0.5, 0.6) is 0 Å². The minimum atomic E-state index is -0.353. The third-order valence-electron chi connectivity index (χ3n) is 8.79. The van der Waals surface area contributed by atoms with Crippen LogP contribution in [0.25, 0.3) is 0 Å². The van der Waals surface area contributed by atoms with Crippen molar-refractivity contribution in [2.45, 2.75) is 71.5 Å². The summed E-state index contributed by atoms with van der Waals surface area (Å²) in [5.41, 5.74) is 1.47. The van der Waals surface area contributed by atoms with Crippen molar-refractivity contribution < 1.29 is 19.0 Å².